The van der Waals surface area contributed by atoms with Crippen molar-refractivity contribution in [3.8, 4) is 11.4 Å². The highest BCUT2D eigenvalue weighted by molar-refractivity contribution is 9.10. The maximum atomic E-state index is 13.6. The molecule has 0 fully saturated rings. The maximum absolute atomic E-state index is 13.6. The molecule has 3 rings (SSSR count). The number of nitrogens with zero attached hydrogens (tertiary/aromatic N) is 2. The van der Waals surface area contributed by atoms with Gasteiger partial charge in [-0.05, 0) is 46.6 Å². The lowest BCUT2D eigenvalue weighted by atomic mass is 10.1. The lowest BCUT2D eigenvalue weighted by Crippen LogP contribution is -1.96. The lowest BCUT2D eigenvalue weighted by Gasteiger charge is -2.09. The average Bonchev–Trinajstić information content (AvgIpc) is 2.45. The Hall–Kier alpha value is -1.23. The zero-order valence-corrected chi connectivity index (χ0v) is 13.9. The lowest BCUT2D eigenvalue weighted by molar-refractivity contribution is 0.628. The molecule has 0 amide bonds. The molecule has 0 saturated carbocycles. The molecule has 1 heterocycles. The summed E-state index contributed by atoms with van der Waals surface area (Å²) in [6.45, 7) is 1.93. The van der Waals surface area contributed by atoms with Crippen LogP contribution in [0.15, 0.2) is 34.8 Å². The van der Waals surface area contributed by atoms with Gasteiger partial charge in [-0.25, -0.2) is 14.4 Å². The summed E-state index contributed by atoms with van der Waals surface area (Å²) >= 11 is 15.7. The van der Waals surface area contributed by atoms with E-state index in [1.54, 1.807) is 12.1 Å². The molecule has 0 atom stereocenters. The number of hydrogen-bond donors (Lipinski definition) is 0. The molecule has 0 unspecified atom stereocenters. The topological polar surface area (TPSA) is 25.8 Å². The summed E-state index contributed by atoms with van der Waals surface area (Å²) < 4.78 is 14.4. The molecule has 0 radical (unpaired) electrons. The molecule has 0 saturated heterocycles. The van der Waals surface area contributed by atoms with Gasteiger partial charge in [-0.3, -0.25) is 0 Å². The van der Waals surface area contributed by atoms with Crippen molar-refractivity contribution in [2.24, 2.45) is 0 Å². The molecule has 0 aliphatic carbocycles. The van der Waals surface area contributed by atoms with Crippen LogP contribution in [0.3, 0.4) is 0 Å². The summed E-state index contributed by atoms with van der Waals surface area (Å²) in [4.78, 5) is 8.74. The molecule has 21 heavy (non-hydrogen) atoms. The molecular formula is C15H8BrCl2FN2. The van der Waals surface area contributed by atoms with Crippen molar-refractivity contribution in [1.29, 1.82) is 0 Å². The van der Waals surface area contributed by atoms with Crippen molar-refractivity contribution in [3.63, 3.8) is 0 Å². The summed E-state index contributed by atoms with van der Waals surface area (Å²) in [6, 6.07) is 8.33. The Bertz CT molecular complexity index is 868. The van der Waals surface area contributed by atoms with Crippen molar-refractivity contribution in [1.82, 2.24) is 9.97 Å². The number of aromatic nitrogens is 2. The van der Waals surface area contributed by atoms with Crippen molar-refractivity contribution >= 4 is 50.0 Å². The van der Waals surface area contributed by atoms with Crippen LogP contribution in [-0.2, 0) is 0 Å². The molecule has 106 valence electrons. The van der Waals surface area contributed by atoms with Gasteiger partial charge < -0.3 is 0 Å². The van der Waals surface area contributed by atoms with Crippen LogP contribution in [0.25, 0.3) is 22.3 Å². The maximum Gasteiger partial charge on any atom is 0.163 e. The Morgan fingerprint density at radius 3 is 2.62 bits per heavy atom. The Morgan fingerprint density at radius 2 is 1.86 bits per heavy atom. The van der Waals surface area contributed by atoms with Gasteiger partial charge in [0.25, 0.3) is 0 Å². The number of halogens is 4. The van der Waals surface area contributed by atoms with Crippen molar-refractivity contribution in [2.45, 2.75) is 6.92 Å². The average molecular weight is 386 g/mol. The Labute approximate surface area is 139 Å². The molecule has 0 spiro atoms. The number of fused-ring (bicyclic) bond motifs is 1. The second-order valence-corrected chi connectivity index (χ2v) is 6.12. The number of aryl methyl sites for hydroxylation is 1. The highest BCUT2D eigenvalue weighted by atomic mass is 79.9. The second-order valence-electron chi connectivity index (χ2n) is 4.53. The number of rotatable bonds is 1. The first-order valence-electron chi connectivity index (χ1n) is 6.06. The van der Waals surface area contributed by atoms with Gasteiger partial charge in [-0.1, -0.05) is 35.3 Å². The summed E-state index contributed by atoms with van der Waals surface area (Å²) in [6.07, 6.45) is 0. The van der Waals surface area contributed by atoms with E-state index < -0.39 is 5.82 Å². The highest BCUT2D eigenvalue weighted by Gasteiger charge is 2.15. The van der Waals surface area contributed by atoms with E-state index in [1.807, 2.05) is 19.1 Å². The normalized spacial score (nSPS) is 11.1. The SMILES string of the molecule is Cc1ccc(Br)c2c(Cl)nc(-c3cccc(F)c3Cl)nc12. The minimum Gasteiger partial charge on any atom is -0.228 e. The smallest absolute Gasteiger partial charge is 0.163 e. The number of hydrogen-bond acceptors (Lipinski definition) is 2. The predicted octanol–water partition coefficient (Wildman–Crippen LogP) is 5.81. The van der Waals surface area contributed by atoms with E-state index in [0.717, 1.165) is 15.4 Å². The molecule has 0 aliphatic heterocycles. The molecule has 3 aromatic rings. The number of benzene rings is 2. The largest absolute Gasteiger partial charge is 0.228 e. The third-order valence-electron chi connectivity index (χ3n) is 3.15. The first-order chi connectivity index (χ1) is 9.99. The fourth-order valence-electron chi connectivity index (χ4n) is 2.09. The van der Waals surface area contributed by atoms with Crippen LogP contribution in [-0.4, -0.2) is 9.97 Å². The van der Waals surface area contributed by atoms with E-state index in [4.69, 9.17) is 23.2 Å². The van der Waals surface area contributed by atoms with E-state index in [0.29, 0.717) is 22.1 Å². The van der Waals surface area contributed by atoms with Crippen LogP contribution in [0, 0.1) is 12.7 Å². The van der Waals surface area contributed by atoms with Crippen molar-refractivity contribution in [2.75, 3.05) is 0 Å². The third-order valence-corrected chi connectivity index (χ3v) is 4.47. The van der Waals surface area contributed by atoms with Gasteiger partial charge in [-0.15, -0.1) is 0 Å². The summed E-state index contributed by atoms with van der Waals surface area (Å²) in [7, 11) is 0. The summed E-state index contributed by atoms with van der Waals surface area (Å²) in [5, 5.41) is 1.01. The van der Waals surface area contributed by atoms with E-state index in [1.165, 1.54) is 6.07 Å². The zero-order chi connectivity index (χ0) is 15.1. The van der Waals surface area contributed by atoms with Crippen LogP contribution in [0.5, 0.6) is 0 Å². The predicted molar refractivity (Wildman–Crippen MR) is 87.4 cm³/mol. The molecule has 1 aromatic heterocycles. The second kappa shape index (κ2) is 5.52. The monoisotopic (exact) mass is 384 g/mol. The Kier molecular flexibility index (Phi) is 3.86. The van der Waals surface area contributed by atoms with Gasteiger partial charge in [0, 0.05) is 10.0 Å². The van der Waals surface area contributed by atoms with Crippen LogP contribution in [0.4, 0.5) is 4.39 Å². The van der Waals surface area contributed by atoms with Crippen LogP contribution in [0.1, 0.15) is 5.56 Å². The van der Waals surface area contributed by atoms with E-state index in [-0.39, 0.29) is 5.02 Å². The fraction of sp³-hybridized carbons (Fsp3) is 0.0667. The molecule has 0 N–H and O–H groups in total. The standard InChI is InChI=1S/C15H8BrCl2FN2/c1-7-5-6-9(16)11-13(7)20-15(21-14(11)18)8-3-2-4-10(19)12(8)17/h2-6H,1H3. The van der Waals surface area contributed by atoms with E-state index >= 15 is 0 Å². The van der Waals surface area contributed by atoms with Crippen LogP contribution < -0.4 is 0 Å². The van der Waals surface area contributed by atoms with E-state index in [9.17, 15) is 4.39 Å². The highest BCUT2D eigenvalue weighted by Crippen LogP contribution is 2.34. The van der Waals surface area contributed by atoms with Gasteiger partial charge in [0.15, 0.2) is 5.82 Å². The molecular weight excluding hydrogens is 378 g/mol. The first kappa shape index (κ1) is 14.7. The Morgan fingerprint density at radius 1 is 1.10 bits per heavy atom. The molecule has 6 heteroatoms. The van der Waals surface area contributed by atoms with E-state index in [2.05, 4.69) is 25.9 Å². The van der Waals surface area contributed by atoms with Gasteiger partial charge in [-0.2, -0.15) is 0 Å². The molecule has 0 aliphatic rings. The van der Waals surface area contributed by atoms with Crippen molar-refractivity contribution in [3.05, 3.63) is 56.4 Å². The molecule has 0 bridgehead atoms. The zero-order valence-electron chi connectivity index (χ0n) is 10.8. The van der Waals surface area contributed by atoms with Gasteiger partial charge in [0.1, 0.15) is 11.0 Å². The van der Waals surface area contributed by atoms with Gasteiger partial charge >= 0.3 is 0 Å². The summed E-state index contributed by atoms with van der Waals surface area (Å²) in [5.41, 5.74) is 2.07. The first-order valence-corrected chi connectivity index (χ1v) is 7.60. The van der Waals surface area contributed by atoms with Gasteiger partial charge in [0.05, 0.1) is 15.9 Å². The van der Waals surface area contributed by atoms with Gasteiger partial charge in [0.2, 0.25) is 0 Å². The van der Waals surface area contributed by atoms with Crippen LogP contribution >= 0.6 is 39.1 Å². The van der Waals surface area contributed by atoms with Crippen LogP contribution in [0.2, 0.25) is 10.2 Å². The minimum absolute atomic E-state index is 0.0134. The van der Waals surface area contributed by atoms with Crippen molar-refractivity contribution < 1.29 is 4.39 Å². The minimum atomic E-state index is -0.514. The molecule has 2 nitrogen and oxygen atoms in total. The summed E-state index contributed by atoms with van der Waals surface area (Å²) in [5.74, 6) is -0.210. The third kappa shape index (κ3) is 2.52. The quantitative estimate of drug-likeness (QED) is 0.493. The molecule has 2 aromatic carbocycles. The fourth-order valence-corrected chi connectivity index (χ4v) is 3.19. The Balaban J connectivity index is 2.36.